The van der Waals surface area contributed by atoms with Crippen molar-refractivity contribution in [3.05, 3.63) is 95.6 Å². The maximum atomic E-state index is 13.1. The Bertz CT molecular complexity index is 1090. The predicted molar refractivity (Wildman–Crippen MR) is 117 cm³/mol. The van der Waals surface area contributed by atoms with Crippen molar-refractivity contribution in [3.63, 3.8) is 0 Å². The lowest BCUT2D eigenvalue weighted by Gasteiger charge is -2.22. The van der Waals surface area contributed by atoms with Crippen LogP contribution in [0, 0.1) is 5.92 Å². The second kappa shape index (κ2) is 7.45. The number of hydrogen-bond donors (Lipinski definition) is 1. The molecule has 0 aromatic heterocycles. The molecule has 0 bridgehead atoms. The molecule has 1 heterocycles. The summed E-state index contributed by atoms with van der Waals surface area (Å²) in [7, 11) is 0. The molecule has 1 aliphatic heterocycles. The number of fused-ring (bicyclic) bond motifs is 3. The summed E-state index contributed by atoms with van der Waals surface area (Å²) in [5, 5.41) is 3.26. The molecule has 0 saturated carbocycles. The molecule has 30 heavy (non-hydrogen) atoms. The number of likely N-dealkylation sites (tertiary alicyclic amines) is 1. The Kier molecular flexibility index (Phi) is 4.62. The monoisotopic (exact) mass is 396 g/mol. The minimum atomic E-state index is -0.0728. The van der Waals surface area contributed by atoms with Crippen LogP contribution in [0.5, 0.6) is 0 Å². The van der Waals surface area contributed by atoms with Crippen molar-refractivity contribution >= 4 is 11.8 Å². The van der Waals surface area contributed by atoms with Gasteiger partial charge in [-0.25, -0.2) is 0 Å². The molecule has 1 saturated heterocycles. The Hall–Kier alpha value is -3.40. The van der Waals surface area contributed by atoms with E-state index in [2.05, 4.69) is 29.6 Å². The topological polar surface area (TPSA) is 49.4 Å². The maximum Gasteiger partial charge on any atom is 0.251 e. The average Bonchev–Trinajstić information content (AvgIpc) is 3.34. The van der Waals surface area contributed by atoms with Crippen molar-refractivity contribution in [2.45, 2.75) is 18.9 Å². The van der Waals surface area contributed by atoms with E-state index in [9.17, 15) is 9.59 Å². The minimum absolute atomic E-state index is 0.0724. The molecule has 150 valence electrons. The van der Waals surface area contributed by atoms with Gasteiger partial charge in [-0.3, -0.25) is 9.59 Å². The van der Waals surface area contributed by atoms with E-state index in [0.29, 0.717) is 12.1 Å². The number of benzene rings is 3. The fourth-order valence-corrected chi connectivity index (χ4v) is 4.97. The fourth-order valence-electron chi connectivity index (χ4n) is 4.97. The van der Waals surface area contributed by atoms with Gasteiger partial charge in [-0.2, -0.15) is 0 Å². The zero-order chi connectivity index (χ0) is 20.7. The third-order valence-electron chi connectivity index (χ3n) is 6.51. The zero-order valence-electron chi connectivity index (χ0n) is 16.9. The van der Waals surface area contributed by atoms with E-state index in [1.165, 1.54) is 11.1 Å². The standard InChI is InChI=1S/C26H24N2O2/c1-17(29)28-15-23-21-9-5-6-10-22(21)25(24(23)16-28)27-26(30)20-13-11-19(12-14-20)18-7-3-2-4-8-18/h2-14,23-25H,15-16H2,1H3,(H,27,30)/t23-,24-,25-/m0/s1. The van der Waals surface area contributed by atoms with E-state index < -0.39 is 0 Å². The summed E-state index contributed by atoms with van der Waals surface area (Å²) in [6.45, 7) is 3.04. The van der Waals surface area contributed by atoms with Crippen LogP contribution in [-0.2, 0) is 4.79 Å². The molecule has 4 heteroatoms. The molecular weight excluding hydrogens is 372 g/mol. The number of hydrogen-bond acceptors (Lipinski definition) is 2. The smallest absolute Gasteiger partial charge is 0.251 e. The highest BCUT2D eigenvalue weighted by molar-refractivity contribution is 5.95. The van der Waals surface area contributed by atoms with E-state index in [1.54, 1.807) is 6.92 Å². The Balaban J connectivity index is 1.38. The van der Waals surface area contributed by atoms with Crippen molar-refractivity contribution < 1.29 is 9.59 Å². The van der Waals surface area contributed by atoms with Crippen molar-refractivity contribution in [2.75, 3.05) is 13.1 Å². The summed E-state index contributed by atoms with van der Waals surface area (Å²) in [5.74, 6) is 0.537. The van der Waals surface area contributed by atoms with Gasteiger partial charge in [0.25, 0.3) is 5.91 Å². The van der Waals surface area contributed by atoms with Gasteiger partial charge in [-0.15, -0.1) is 0 Å². The van der Waals surface area contributed by atoms with Gasteiger partial charge in [0.2, 0.25) is 5.91 Å². The van der Waals surface area contributed by atoms with E-state index in [1.807, 2.05) is 59.5 Å². The minimum Gasteiger partial charge on any atom is -0.345 e. The van der Waals surface area contributed by atoms with Crippen LogP contribution in [-0.4, -0.2) is 29.8 Å². The second-order valence-corrected chi connectivity index (χ2v) is 8.22. The lowest BCUT2D eigenvalue weighted by molar-refractivity contribution is -0.128. The molecule has 1 fully saturated rings. The van der Waals surface area contributed by atoms with E-state index in [0.717, 1.165) is 17.7 Å². The first-order valence-electron chi connectivity index (χ1n) is 10.4. The average molecular weight is 396 g/mol. The third kappa shape index (κ3) is 3.18. The van der Waals surface area contributed by atoms with Gasteiger partial charge in [-0.1, -0.05) is 66.7 Å². The van der Waals surface area contributed by atoms with Gasteiger partial charge in [0, 0.05) is 37.4 Å². The maximum absolute atomic E-state index is 13.1. The van der Waals surface area contributed by atoms with Crippen molar-refractivity contribution in [1.29, 1.82) is 0 Å². The summed E-state index contributed by atoms with van der Waals surface area (Å²) >= 11 is 0. The highest BCUT2D eigenvalue weighted by Crippen LogP contribution is 2.49. The van der Waals surface area contributed by atoms with Gasteiger partial charge in [0.15, 0.2) is 0 Å². The molecule has 3 atom stereocenters. The number of carbonyl (C=O) groups is 2. The number of nitrogens with one attached hydrogen (secondary N) is 1. The molecule has 3 aromatic rings. The number of rotatable bonds is 3. The molecule has 1 N–H and O–H groups in total. The molecule has 4 nitrogen and oxygen atoms in total. The van der Waals surface area contributed by atoms with Crippen molar-refractivity contribution in [1.82, 2.24) is 10.2 Å². The molecule has 0 unspecified atom stereocenters. The molecular formula is C26H24N2O2. The second-order valence-electron chi connectivity index (χ2n) is 8.22. The largest absolute Gasteiger partial charge is 0.345 e. The van der Waals surface area contributed by atoms with Gasteiger partial charge in [0.05, 0.1) is 6.04 Å². The lowest BCUT2D eigenvalue weighted by Crippen LogP contribution is -2.34. The molecule has 5 rings (SSSR count). The lowest BCUT2D eigenvalue weighted by atomic mass is 9.94. The normalized spacial score (nSPS) is 21.8. The molecule has 0 radical (unpaired) electrons. The van der Waals surface area contributed by atoms with Crippen LogP contribution < -0.4 is 5.32 Å². The van der Waals surface area contributed by atoms with Crippen LogP contribution in [0.25, 0.3) is 11.1 Å². The summed E-state index contributed by atoms with van der Waals surface area (Å²) in [5.41, 5.74) is 5.32. The number of amides is 2. The van der Waals surface area contributed by atoms with Crippen LogP contribution in [0.15, 0.2) is 78.9 Å². The van der Waals surface area contributed by atoms with Gasteiger partial charge in [0.1, 0.15) is 0 Å². The first kappa shape index (κ1) is 18.6. The van der Waals surface area contributed by atoms with Crippen molar-refractivity contribution in [3.8, 4) is 11.1 Å². The molecule has 2 aliphatic rings. The Morgan fingerprint density at radius 1 is 0.800 bits per heavy atom. The highest BCUT2D eigenvalue weighted by Gasteiger charge is 2.47. The Morgan fingerprint density at radius 3 is 2.13 bits per heavy atom. The molecule has 1 aliphatic carbocycles. The van der Waals surface area contributed by atoms with Gasteiger partial charge < -0.3 is 10.2 Å². The number of nitrogens with zero attached hydrogens (tertiary/aromatic N) is 1. The van der Waals surface area contributed by atoms with E-state index >= 15 is 0 Å². The summed E-state index contributed by atoms with van der Waals surface area (Å²) < 4.78 is 0. The highest BCUT2D eigenvalue weighted by atomic mass is 16.2. The van der Waals surface area contributed by atoms with E-state index in [4.69, 9.17) is 0 Å². The Morgan fingerprint density at radius 2 is 1.43 bits per heavy atom. The summed E-state index contributed by atoms with van der Waals surface area (Å²) in [6.07, 6.45) is 0. The summed E-state index contributed by atoms with van der Waals surface area (Å²) in [4.78, 5) is 26.9. The van der Waals surface area contributed by atoms with Gasteiger partial charge >= 0.3 is 0 Å². The first-order chi connectivity index (χ1) is 14.6. The van der Waals surface area contributed by atoms with Crippen LogP contribution >= 0.6 is 0 Å². The number of carbonyl (C=O) groups excluding carboxylic acids is 2. The SMILES string of the molecule is CC(=O)N1C[C@H]2[C@@H](C1)c1ccccc1[C@@H]2NC(=O)c1ccc(-c2ccccc2)cc1. The van der Waals surface area contributed by atoms with Crippen LogP contribution in [0.2, 0.25) is 0 Å². The first-order valence-corrected chi connectivity index (χ1v) is 10.4. The van der Waals surface area contributed by atoms with Gasteiger partial charge in [-0.05, 0) is 34.4 Å². The van der Waals surface area contributed by atoms with Crippen molar-refractivity contribution in [2.24, 2.45) is 5.92 Å². The molecule has 0 spiro atoms. The quantitative estimate of drug-likeness (QED) is 0.713. The van der Waals surface area contributed by atoms with Crippen LogP contribution in [0.4, 0.5) is 0 Å². The van der Waals surface area contributed by atoms with E-state index in [-0.39, 0.29) is 29.7 Å². The summed E-state index contributed by atoms with van der Waals surface area (Å²) in [6, 6.07) is 26.1. The van der Waals surface area contributed by atoms with Crippen LogP contribution in [0.1, 0.15) is 40.4 Å². The van der Waals surface area contributed by atoms with Crippen LogP contribution in [0.3, 0.4) is 0 Å². The molecule has 2 amide bonds. The zero-order valence-corrected chi connectivity index (χ0v) is 16.9. The molecule has 3 aromatic carbocycles. The fraction of sp³-hybridized carbons (Fsp3) is 0.231. The third-order valence-corrected chi connectivity index (χ3v) is 6.51. The predicted octanol–water partition coefficient (Wildman–Crippen LogP) is 4.40. The Labute approximate surface area is 176 Å².